The van der Waals surface area contributed by atoms with E-state index in [4.69, 9.17) is 9.84 Å². The summed E-state index contributed by atoms with van der Waals surface area (Å²) in [5.41, 5.74) is 2.05. The van der Waals surface area contributed by atoms with Crippen molar-refractivity contribution in [3.8, 4) is 5.75 Å². The first kappa shape index (κ1) is 13.1. The average molecular weight is 260 g/mol. The van der Waals surface area contributed by atoms with E-state index in [-0.39, 0.29) is 5.69 Å². The Hall–Kier alpha value is -2.30. The van der Waals surface area contributed by atoms with Crippen LogP contribution in [0.2, 0.25) is 0 Å². The topological polar surface area (TPSA) is 64.3 Å². The molecule has 2 rings (SSSR count). The third kappa shape index (κ3) is 3.34. The first-order valence-electron chi connectivity index (χ1n) is 6.02. The Morgan fingerprint density at radius 3 is 2.84 bits per heavy atom. The lowest BCUT2D eigenvalue weighted by molar-refractivity contribution is 0.0689. The van der Waals surface area contributed by atoms with Crippen LogP contribution in [0.4, 0.5) is 0 Å². The number of aryl methyl sites for hydroxylation is 2. The number of aromatic nitrogens is 2. The van der Waals surface area contributed by atoms with Crippen LogP contribution in [0, 0.1) is 6.92 Å². The second-order valence-corrected chi connectivity index (χ2v) is 4.36. The third-order valence-electron chi connectivity index (χ3n) is 2.81. The van der Waals surface area contributed by atoms with Gasteiger partial charge in [0.2, 0.25) is 0 Å². The van der Waals surface area contributed by atoms with Gasteiger partial charge in [0.05, 0.1) is 6.61 Å². The first-order chi connectivity index (χ1) is 9.06. The Kier molecular flexibility index (Phi) is 3.85. The zero-order valence-electron chi connectivity index (χ0n) is 11.0. The number of carboxylic acid groups (broad SMARTS) is 1. The van der Waals surface area contributed by atoms with Gasteiger partial charge in [-0.3, -0.25) is 4.68 Å². The molecule has 0 amide bonds. The fraction of sp³-hybridized carbons (Fsp3) is 0.286. The second kappa shape index (κ2) is 5.56. The fourth-order valence-electron chi connectivity index (χ4n) is 1.82. The zero-order chi connectivity index (χ0) is 13.8. The fourth-order valence-corrected chi connectivity index (χ4v) is 1.82. The van der Waals surface area contributed by atoms with E-state index >= 15 is 0 Å². The van der Waals surface area contributed by atoms with Gasteiger partial charge in [-0.05, 0) is 30.7 Å². The van der Waals surface area contributed by atoms with Crippen molar-refractivity contribution >= 4 is 5.97 Å². The summed E-state index contributed by atoms with van der Waals surface area (Å²) < 4.78 is 7.20. The molecule has 1 aromatic heterocycles. The maximum atomic E-state index is 10.8. The first-order valence-corrected chi connectivity index (χ1v) is 6.02. The van der Waals surface area contributed by atoms with Gasteiger partial charge < -0.3 is 9.84 Å². The normalized spacial score (nSPS) is 10.4. The minimum Gasteiger partial charge on any atom is -0.493 e. The van der Waals surface area contributed by atoms with Crippen LogP contribution in [-0.4, -0.2) is 27.5 Å². The van der Waals surface area contributed by atoms with Crippen molar-refractivity contribution in [1.29, 1.82) is 0 Å². The summed E-state index contributed by atoms with van der Waals surface area (Å²) in [5, 5.41) is 12.8. The Morgan fingerprint density at radius 1 is 1.42 bits per heavy atom. The van der Waals surface area contributed by atoms with Crippen molar-refractivity contribution in [2.24, 2.45) is 7.05 Å². The van der Waals surface area contributed by atoms with E-state index in [1.54, 1.807) is 17.8 Å². The molecular formula is C14H16N2O3. The number of carboxylic acids is 1. The van der Waals surface area contributed by atoms with Crippen LogP contribution in [0.15, 0.2) is 30.3 Å². The summed E-state index contributed by atoms with van der Waals surface area (Å²) in [6.45, 7) is 2.50. The Bertz CT molecular complexity index is 590. The van der Waals surface area contributed by atoms with Crippen molar-refractivity contribution in [2.45, 2.75) is 13.3 Å². The summed E-state index contributed by atoms with van der Waals surface area (Å²) in [5.74, 6) is -0.193. The Labute approximate surface area is 111 Å². The number of benzene rings is 1. The molecule has 19 heavy (non-hydrogen) atoms. The predicted molar refractivity (Wildman–Crippen MR) is 70.5 cm³/mol. The summed E-state index contributed by atoms with van der Waals surface area (Å²) in [6, 6.07) is 9.39. The van der Waals surface area contributed by atoms with Crippen molar-refractivity contribution in [2.75, 3.05) is 6.61 Å². The van der Waals surface area contributed by atoms with Gasteiger partial charge in [0.25, 0.3) is 0 Å². The van der Waals surface area contributed by atoms with Crippen molar-refractivity contribution < 1.29 is 14.6 Å². The molecule has 1 heterocycles. The summed E-state index contributed by atoms with van der Waals surface area (Å²) in [6.07, 6.45) is 0.616. The lowest BCUT2D eigenvalue weighted by Crippen LogP contribution is -2.06. The van der Waals surface area contributed by atoms with E-state index in [0.29, 0.717) is 13.0 Å². The SMILES string of the molecule is Cc1cccc(OCCc2cc(C(=O)O)nn2C)c1. The van der Waals surface area contributed by atoms with Crippen LogP contribution >= 0.6 is 0 Å². The highest BCUT2D eigenvalue weighted by Crippen LogP contribution is 2.13. The molecule has 0 aliphatic carbocycles. The van der Waals surface area contributed by atoms with Crippen LogP contribution in [0.1, 0.15) is 21.7 Å². The third-order valence-corrected chi connectivity index (χ3v) is 2.81. The standard InChI is InChI=1S/C14H16N2O3/c1-10-4-3-5-12(8-10)19-7-6-11-9-13(14(17)18)15-16(11)2/h3-5,8-9H,6-7H2,1-2H3,(H,17,18). The minimum absolute atomic E-state index is 0.0630. The van der Waals surface area contributed by atoms with E-state index in [1.165, 1.54) is 0 Å². The van der Waals surface area contributed by atoms with Gasteiger partial charge in [-0.1, -0.05) is 12.1 Å². The molecule has 5 heteroatoms. The highest BCUT2D eigenvalue weighted by atomic mass is 16.5. The largest absolute Gasteiger partial charge is 0.493 e. The molecule has 2 aromatic rings. The maximum absolute atomic E-state index is 10.8. The van der Waals surface area contributed by atoms with Crippen LogP contribution in [0.5, 0.6) is 5.75 Å². The molecule has 0 saturated carbocycles. The molecule has 0 unspecified atom stereocenters. The smallest absolute Gasteiger partial charge is 0.356 e. The number of rotatable bonds is 5. The van der Waals surface area contributed by atoms with E-state index < -0.39 is 5.97 Å². The van der Waals surface area contributed by atoms with Crippen LogP contribution in [-0.2, 0) is 13.5 Å². The van der Waals surface area contributed by atoms with Gasteiger partial charge in [-0.25, -0.2) is 4.79 Å². The molecule has 1 aromatic carbocycles. The molecule has 0 aliphatic rings. The number of carbonyl (C=O) groups is 1. The van der Waals surface area contributed by atoms with Crippen molar-refractivity contribution in [3.05, 3.63) is 47.3 Å². The molecule has 100 valence electrons. The molecule has 0 radical (unpaired) electrons. The lowest BCUT2D eigenvalue weighted by Gasteiger charge is -2.06. The predicted octanol–water partition coefficient (Wildman–Crippen LogP) is 2.05. The van der Waals surface area contributed by atoms with Gasteiger partial charge >= 0.3 is 5.97 Å². The van der Waals surface area contributed by atoms with Gasteiger partial charge in [0, 0.05) is 19.2 Å². The number of hydrogen-bond acceptors (Lipinski definition) is 3. The van der Waals surface area contributed by atoms with E-state index in [2.05, 4.69) is 5.10 Å². The zero-order valence-corrected chi connectivity index (χ0v) is 11.0. The highest BCUT2D eigenvalue weighted by Gasteiger charge is 2.10. The van der Waals surface area contributed by atoms with Gasteiger partial charge in [0.15, 0.2) is 5.69 Å². The maximum Gasteiger partial charge on any atom is 0.356 e. The number of aromatic carboxylic acids is 1. The molecule has 0 atom stereocenters. The lowest BCUT2D eigenvalue weighted by atomic mass is 10.2. The van der Waals surface area contributed by atoms with Crippen molar-refractivity contribution in [1.82, 2.24) is 9.78 Å². The Balaban J connectivity index is 1.94. The molecule has 0 saturated heterocycles. The molecule has 5 nitrogen and oxygen atoms in total. The molecular weight excluding hydrogens is 244 g/mol. The minimum atomic E-state index is -1.01. The van der Waals surface area contributed by atoms with E-state index in [0.717, 1.165) is 17.0 Å². The summed E-state index contributed by atoms with van der Waals surface area (Å²) >= 11 is 0. The number of ether oxygens (including phenoxy) is 1. The van der Waals surface area contributed by atoms with Gasteiger partial charge in [0.1, 0.15) is 5.75 Å². The molecule has 0 aliphatic heterocycles. The van der Waals surface area contributed by atoms with E-state index in [1.807, 2.05) is 31.2 Å². The monoisotopic (exact) mass is 260 g/mol. The van der Waals surface area contributed by atoms with E-state index in [9.17, 15) is 4.79 Å². The van der Waals surface area contributed by atoms with Gasteiger partial charge in [-0.15, -0.1) is 0 Å². The highest BCUT2D eigenvalue weighted by molar-refractivity contribution is 5.85. The molecule has 0 fully saturated rings. The van der Waals surface area contributed by atoms with Gasteiger partial charge in [-0.2, -0.15) is 5.10 Å². The summed E-state index contributed by atoms with van der Waals surface area (Å²) in [4.78, 5) is 10.8. The molecule has 0 bridgehead atoms. The average Bonchev–Trinajstić information content (AvgIpc) is 2.71. The molecule has 1 N–H and O–H groups in total. The van der Waals surface area contributed by atoms with Crippen LogP contribution in [0.3, 0.4) is 0 Å². The van der Waals surface area contributed by atoms with Crippen LogP contribution < -0.4 is 4.74 Å². The van der Waals surface area contributed by atoms with Crippen molar-refractivity contribution in [3.63, 3.8) is 0 Å². The second-order valence-electron chi connectivity index (χ2n) is 4.36. The Morgan fingerprint density at radius 2 is 2.21 bits per heavy atom. The van der Waals surface area contributed by atoms with Crippen LogP contribution in [0.25, 0.3) is 0 Å². The number of hydrogen-bond donors (Lipinski definition) is 1. The number of nitrogens with zero attached hydrogens (tertiary/aromatic N) is 2. The quantitative estimate of drug-likeness (QED) is 0.893. The summed E-state index contributed by atoms with van der Waals surface area (Å²) in [7, 11) is 1.73. The molecule has 0 spiro atoms.